The average Bonchev–Trinajstić information content (AvgIpc) is 2.81. The minimum absolute atomic E-state index is 0.0453. The largest absolute Gasteiger partial charge is 0.459 e. The van der Waals surface area contributed by atoms with Crippen LogP contribution < -0.4 is 5.32 Å². The third kappa shape index (κ3) is 4.68. The van der Waals surface area contributed by atoms with E-state index in [2.05, 4.69) is 46.9 Å². The van der Waals surface area contributed by atoms with Crippen molar-refractivity contribution in [3.8, 4) is 0 Å². The van der Waals surface area contributed by atoms with Crippen molar-refractivity contribution in [2.45, 2.75) is 78.4 Å². The van der Waals surface area contributed by atoms with Gasteiger partial charge in [-0.2, -0.15) is 0 Å². The highest BCUT2D eigenvalue weighted by Gasteiger charge is 2.56. The fourth-order valence-corrected chi connectivity index (χ4v) is 5.09. The van der Waals surface area contributed by atoms with E-state index in [1.54, 1.807) is 0 Å². The maximum atomic E-state index is 13.1. The molecule has 2 fully saturated rings. The van der Waals surface area contributed by atoms with Crippen molar-refractivity contribution < 1.29 is 19.1 Å². The molecule has 1 aromatic rings. The highest BCUT2D eigenvalue weighted by Crippen LogP contribution is 2.46. The number of amides is 3. The molecule has 1 N–H and O–H groups in total. The SMILES string of the molecule is C[C@H]1CC(C)(C)C[C@]2(C1)NC(=O)N(CC(=O)OCc1ccc(C(C)(C)C)cc1)C2=O. The minimum atomic E-state index is -0.901. The van der Waals surface area contributed by atoms with Gasteiger partial charge in [0.25, 0.3) is 5.91 Å². The summed E-state index contributed by atoms with van der Waals surface area (Å²) in [5.41, 5.74) is 1.18. The maximum absolute atomic E-state index is 13.1. The molecule has 2 atom stereocenters. The van der Waals surface area contributed by atoms with Gasteiger partial charge in [-0.05, 0) is 47.1 Å². The summed E-state index contributed by atoms with van der Waals surface area (Å²) in [6.07, 6.45) is 2.20. The molecule has 3 rings (SSSR count). The van der Waals surface area contributed by atoms with Crippen LogP contribution in [0.15, 0.2) is 24.3 Å². The van der Waals surface area contributed by atoms with Crippen LogP contribution in [0.3, 0.4) is 0 Å². The molecule has 164 valence electrons. The Morgan fingerprint density at radius 3 is 2.37 bits per heavy atom. The van der Waals surface area contributed by atoms with Gasteiger partial charge in [-0.25, -0.2) is 4.79 Å². The van der Waals surface area contributed by atoms with Gasteiger partial charge in [0.15, 0.2) is 0 Å². The molecule has 1 heterocycles. The van der Waals surface area contributed by atoms with E-state index < -0.39 is 17.5 Å². The van der Waals surface area contributed by atoms with Gasteiger partial charge in [-0.1, -0.05) is 65.8 Å². The van der Waals surface area contributed by atoms with Crippen LogP contribution >= 0.6 is 0 Å². The molecule has 2 aliphatic rings. The molecule has 0 aromatic heterocycles. The third-order valence-corrected chi connectivity index (χ3v) is 6.13. The predicted molar refractivity (Wildman–Crippen MR) is 115 cm³/mol. The topological polar surface area (TPSA) is 75.7 Å². The minimum Gasteiger partial charge on any atom is -0.459 e. The number of imide groups is 1. The van der Waals surface area contributed by atoms with E-state index in [0.717, 1.165) is 16.9 Å². The molecular formula is C24H34N2O4. The summed E-state index contributed by atoms with van der Waals surface area (Å²) in [6.45, 7) is 12.5. The molecule has 0 bridgehead atoms. The summed E-state index contributed by atoms with van der Waals surface area (Å²) >= 11 is 0. The summed E-state index contributed by atoms with van der Waals surface area (Å²) < 4.78 is 5.34. The van der Waals surface area contributed by atoms with Gasteiger partial charge >= 0.3 is 12.0 Å². The predicted octanol–water partition coefficient (Wildman–Crippen LogP) is 4.16. The molecule has 1 aliphatic heterocycles. The number of hydrogen-bond acceptors (Lipinski definition) is 4. The number of benzene rings is 1. The number of nitrogens with one attached hydrogen (secondary N) is 1. The Balaban J connectivity index is 1.60. The third-order valence-electron chi connectivity index (χ3n) is 6.13. The van der Waals surface area contributed by atoms with Crippen molar-refractivity contribution in [2.24, 2.45) is 11.3 Å². The lowest BCUT2D eigenvalue weighted by molar-refractivity contribution is -0.149. The van der Waals surface area contributed by atoms with Crippen molar-refractivity contribution >= 4 is 17.9 Å². The van der Waals surface area contributed by atoms with Gasteiger partial charge in [0.05, 0.1) is 0 Å². The lowest BCUT2D eigenvalue weighted by Crippen LogP contribution is -2.54. The fraction of sp³-hybridized carbons (Fsp3) is 0.625. The second-order valence-corrected chi connectivity index (χ2v) is 10.9. The van der Waals surface area contributed by atoms with Crippen molar-refractivity contribution in [3.63, 3.8) is 0 Å². The zero-order valence-electron chi connectivity index (χ0n) is 19.0. The van der Waals surface area contributed by atoms with Crippen LogP contribution in [0.4, 0.5) is 4.79 Å². The van der Waals surface area contributed by atoms with Crippen molar-refractivity contribution in [1.82, 2.24) is 10.2 Å². The van der Waals surface area contributed by atoms with Crippen LogP contribution in [0.2, 0.25) is 0 Å². The number of ether oxygens (including phenoxy) is 1. The van der Waals surface area contributed by atoms with Crippen molar-refractivity contribution in [1.29, 1.82) is 0 Å². The van der Waals surface area contributed by atoms with Gasteiger partial charge in [-0.15, -0.1) is 0 Å². The maximum Gasteiger partial charge on any atom is 0.326 e. The Bertz CT molecular complexity index is 838. The number of hydrogen-bond donors (Lipinski definition) is 1. The molecule has 1 spiro atoms. The van der Waals surface area contributed by atoms with E-state index in [4.69, 9.17) is 4.74 Å². The first kappa shape index (κ1) is 22.3. The lowest BCUT2D eigenvalue weighted by Gasteiger charge is -2.43. The van der Waals surface area contributed by atoms with E-state index in [9.17, 15) is 14.4 Å². The summed E-state index contributed by atoms with van der Waals surface area (Å²) in [5.74, 6) is -0.571. The van der Waals surface area contributed by atoms with Crippen LogP contribution in [-0.2, 0) is 26.3 Å². The quantitative estimate of drug-likeness (QED) is 0.593. The molecule has 1 aliphatic carbocycles. The number of carbonyl (C=O) groups is 3. The van der Waals surface area contributed by atoms with Gasteiger partial charge in [0, 0.05) is 0 Å². The van der Waals surface area contributed by atoms with E-state index in [1.165, 1.54) is 5.56 Å². The Hall–Kier alpha value is -2.37. The summed E-state index contributed by atoms with van der Waals surface area (Å²) in [5, 5.41) is 2.88. The van der Waals surface area contributed by atoms with Crippen LogP contribution in [0.5, 0.6) is 0 Å². The Kier molecular flexibility index (Phi) is 5.74. The van der Waals surface area contributed by atoms with Gasteiger partial charge in [-0.3, -0.25) is 14.5 Å². The number of carbonyl (C=O) groups excluding carboxylic acids is 3. The summed E-state index contributed by atoms with van der Waals surface area (Å²) in [4.78, 5) is 39.0. The van der Waals surface area contributed by atoms with Crippen LogP contribution in [-0.4, -0.2) is 34.9 Å². The average molecular weight is 415 g/mol. The molecule has 6 nitrogen and oxygen atoms in total. The van der Waals surface area contributed by atoms with E-state index in [0.29, 0.717) is 18.8 Å². The van der Waals surface area contributed by atoms with Crippen LogP contribution in [0.25, 0.3) is 0 Å². The van der Waals surface area contributed by atoms with Crippen molar-refractivity contribution in [2.75, 3.05) is 6.54 Å². The zero-order valence-corrected chi connectivity index (χ0v) is 19.0. The van der Waals surface area contributed by atoms with Crippen LogP contribution in [0, 0.1) is 11.3 Å². The van der Waals surface area contributed by atoms with Gasteiger partial charge < -0.3 is 10.1 Å². The van der Waals surface area contributed by atoms with E-state index in [1.807, 2.05) is 24.3 Å². The van der Waals surface area contributed by atoms with Crippen LogP contribution in [0.1, 0.15) is 71.9 Å². The first-order valence-corrected chi connectivity index (χ1v) is 10.7. The second kappa shape index (κ2) is 7.71. The van der Waals surface area contributed by atoms with Crippen molar-refractivity contribution in [3.05, 3.63) is 35.4 Å². The normalized spacial score (nSPS) is 26.1. The summed E-state index contributed by atoms with van der Waals surface area (Å²) in [6, 6.07) is 7.41. The Morgan fingerprint density at radius 2 is 1.80 bits per heavy atom. The highest BCUT2D eigenvalue weighted by atomic mass is 16.5. The highest BCUT2D eigenvalue weighted by molar-refractivity contribution is 6.08. The molecule has 0 unspecified atom stereocenters. The fourth-order valence-electron chi connectivity index (χ4n) is 5.09. The van der Waals surface area contributed by atoms with E-state index >= 15 is 0 Å². The first-order valence-electron chi connectivity index (χ1n) is 10.7. The van der Waals surface area contributed by atoms with Gasteiger partial charge in [0.1, 0.15) is 18.7 Å². The summed E-state index contributed by atoms with van der Waals surface area (Å²) in [7, 11) is 0. The molecule has 1 aromatic carbocycles. The first-order chi connectivity index (χ1) is 13.8. The molecular weight excluding hydrogens is 380 g/mol. The molecule has 1 saturated heterocycles. The Labute approximate surface area is 179 Å². The number of urea groups is 1. The number of rotatable bonds is 4. The molecule has 0 radical (unpaired) electrons. The monoisotopic (exact) mass is 414 g/mol. The zero-order chi connectivity index (χ0) is 22.3. The molecule has 6 heteroatoms. The van der Waals surface area contributed by atoms with Gasteiger partial charge in [0.2, 0.25) is 0 Å². The lowest BCUT2D eigenvalue weighted by atomic mass is 9.64. The standard InChI is InChI=1S/C24H34N2O4/c1-16-11-23(5,6)15-24(12-16)20(28)26(21(29)25-24)13-19(27)30-14-17-7-9-18(10-8-17)22(2,3)4/h7-10,16H,11-15H2,1-6H3,(H,25,29)/t16-,24-/m0/s1. The second-order valence-electron chi connectivity index (χ2n) is 10.9. The molecule has 3 amide bonds. The number of nitrogens with zero attached hydrogens (tertiary/aromatic N) is 1. The number of esters is 1. The smallest absolute Gasteiger partial charge is 0.326 e. The molecule has 1 saturated carbocycles. The Morgan fingerprint density at radius 1 is 1.17 bits per heavy atom. The van der Waals surface area contributed by atoms with E-state index in [-0.39, 0.29) is 29.9 Å². The molecule has 30 heavy (non-hydrogen) atoms.